The van der Waals surface area contributed by atoms with Crippen LogP contribution < -0.4 is 15.4 Å². The van der Waals surface area contributed by atoms with Crippen LogP contribution in [-0.4, -0.2) is 25.5 Å². The lowest BCUT2D eigenvalue weighted by atomic mass is 10.1. The van der Waals surface area contributed by atoms with Crippen LogP contribution in [0.2, 0.25) is 0 Å². The van der Waals surface area contributed by atoms with Crippen LogP contribution in [0.5, 0.6) is 5.75 Å². The Balaban J connectivity index is 2.15. The van der Waals surface area contributed by atoms with Crippen LogP contribution in [-0.2, 0) is 4.79 Å². The molecule has 1 amide bonds. The molecule has 108 valence electrons. The second kappa shape index (κ2) is 6.26. The molecule has 2 N–H and O–H groups in total. The van der Waals surface area contributed by atoms with Gasteiger partial charge in [-0.15, -0.1) is 0 Å². The first-order valence-electron chi connectivity index (χ1n) is 6.46. The number of halogens is 1. The number of methoxy groups -OCH3 is 1. The predicted octanol–water partition coefficient (Wildman–Crippen LogP) is 2.23. The molecule has 1 atom stereocenters. The van der Waals surface area contributed by atoms with Gasteiger partial charge in [0, 0.05) is 6.54 Å². The molecule has 0 radical (unpaired) electrons. The van der Waals surface area contributed by atoms with E-state index in [4.69, 9.17) is 4.74 Å². The van der Waals surface area contributed by atoms with Crippen molar-refractivity contribution in [3.8, 4) is 5.75 Å². The predicted molar refractivity (Wildman–Crippen MR) is 81.9 cm³/mol. The van der Waals surface area contributed by atoms with E-state index in [1.165, 1.54) is 0 Å². The van der Waals surface area contributed by atoms with E-state index in [-0.39, 0.29) is 5.91 Å². The fraction of sp³-hybridized carbons (Fsp3) is 0.429. The Morgan fingerprint density at radius 2 is 2.20 bits per heavy atom. The van der Waals surface area contributed by atoms with E-state index >= 15 is 0 Å². The summed E-state index contributed by atoms with van der Waals surface area (Å²) in [5.74, 6) is 1.64. The maximum absolute atomic E-state index is 12.0. The summed E-state index contributed by atoms with van der Waals surface area (Å²) in [5, 5.41) is 5.86. The molecule has 1 heterocycles. The lowest BCUT2D eigenvalue weighted by Crippen LogP contribution is -2.26. The van der Waals surface area contributed by atoms with Crippen LogP contribution in [0.15, 0.2) is 27.7 Å². The first-order valence-corrected chi connectivity index (χ1v) is 7.26. The van der Waals surface area contributed by atoms with Crippen molar-refractivity contribution in [2.24, 2.45) is 10.9 Å². The molecule has 2 rings (SSSR count). The standard InChI is InChI=1S/C14H18BrN3O2/c1-8(2)7-16-14-17-12(13(19)18-14)9-4-5-11(20-3)10(15)6-9/h4-6,8,12H,7H2,1-3H3,(H2,16,17,18,19). The van der Waals surface area contributed by atoms with Gasteiger partial charge in [-0.05, 0) is 39.5 Å². The SMILES string of the molecule is COc1ccc(C2NC(=NCC(C)C)NC2=O)cc1Br. The highest BCUT2D eigenvalue weighted by Gasteiger charge is 2.29. The van der Waals surface area contributed by atoms with Crippen LogP contribution >= 0.6 is 15.9 Å². The molecular weight excluding hydrogens is 322 g/mol. The van der Waals surface area contributed by atoms with E-state index in [0.717, 1.165) is 15.8 Å². The molecule has 5 nitrogen and oxygen atoms in total. The summed E-state index contributed by atoms with van der Waals surface area (Å²) in [5.41, 5.74) is 0.866. The zero-order chi connectivity index (χ0) is 14.7. The molecule has 0 spiro atoms. The summed E-state index contributed by atoms with van der Waals surface area (Å²) >= 11 is 3.42. The Labute approximate surface area is 126 Å². The molecule has 1 fully saturated rings. The van der Waals surface area contributed by atoms with Crippen molar-refractivity contribution >= 4 is 27.8 Å². The Bertz CT molecular complexity index is 543. The minimum Gasteiger partial charge on any atom is -0.496 e. The second-order valence-electron chi connectivity index (χ2n) is 5.04. The Morgan fingerprint density at radius 3 is 2.80 bits per heavy atom. The molecule has 1 saturated heterocycles. The van der Waals surface area contributed by atoms with Gasteiger partial charge in [-0.2, -0.15) is 0 Å². The molecule has 0 aromatic heterocycles. The first kappa shape index (κ1) is 14.8. The van der Waals surface area contributed by atoms with E-state index in [1.54, 1.807) is 7.11 Å². The number of amides is 1. The minimum atomic E-state index is -0.414. The van der Waals surface area contributed by atoms with Crippen molar-refractivity contribution in [2.75, 3.05) is 13.7 Å². The number of ether oxygens (including phenoxy) is 1. The number of guanidine groups is 1. The highest BCUT2D eigenvalue weighted by molar-refractivity contribution is 9.10. The average Bonchev–Trinajstić information content (AvgIpc) is 2.77. The first-order chi connectivity index (χ1) is 9.51. The number of benzene rings is 1. The van der Waals surface area contributed by atoms with Crippen LogP contribution in [0, 0.1) is 5.92 Å². The number of hydrogen-bond acceptors (Lipinski definition) is 3. The maximum Gasteiger partial charge on any atom is 0.253 e. The molecule has 1 aromatic carbocycles. The fourth-order valence-electron chi connectivity index (χ4n) is 1.88. The third kappa shape index (κ3) is 3.30. The Morgan fingerprint density at radius 1 is 1.45 bits per heavy atom. The van der Waals surface area contributed by atoms with Gasteiger partial charge >= 0.3 is 0 Å². The van der Waals surface area contributed by atoms with Crippen LogP contribution in [0.1, 0.15) is 25.5 Å². The molecule has 0 saturated carbocycles. The van der Waals surface area contributed by atoms with Crippen LogP contribution in [0.4, 0.5) is 0 Å². The molecule has 0 bridgehead atoms. The summed E-state index contributed by atoms with van der Waals surface area (Å²) in [4.78, 5) is 16.3. The van der Waals surface area contributed by atoms with E-state index in [1.807, 2.05) is 18.2 Å². The lowest BCUT2D eigenvalue weighted by Gasteiger charge is -2.10. The third-order valence-corrected chi connectivity index (χ3v) is 3.53. The lowest BCUT2D eigenvalue weighted by molar-refractivity contribution is -0.120. The Kier molecular flexibility index (Phi) is 4.65. The third-order valence-electron chi connectivity index (χ3n) is 2.91. The second-order valence-corrected chi connectivity index (χ2v) is 5.90. The summed E-state index contributed by atoms with van der Waals surface area (Å²) in [6, 6.07) is 5.16. The largest absolute Gasteiger partial charge is 0.496 e. The molecule has 1 aliphatic rings. The van der Waals surface area contributed by atoms with Gasteiger partial charge in [0.2, 0.25) is 0 Å². The van der Waals surface area contributed by atoms with Crippen molar-refractivity contribution in [3.05, 3.63) is 28.2 Å². The number of rotatable bonds is 4. The monoisotopic (exact) mass is 339 g/mol. The number of nitrogens with one attached hydrogen (secondary N) is 2. The molecule has 1 unspecified atom stereocenters. The number of hydrogen-bond donors (Lipinski definition) is 2. The zero-order valence-corrected chi connectivity index (χ0v) is 13.3. The normalized spacial score (nSPS) is 20.1. The van der Waals surface area contributed by atoms with Gasteiger partial charge in [-0.1, -0.05) is 19.9 Å². The van der Waals surface area contributed by atoms with Gasteiger partial charge < -0.3 is 10.1 Å². The number of aliphatic imine (C=N–C) groups is 1. The van der Waals surface area contributed by atoms with Gasteiger partial charge in [0.15, 0.2) is 5.96 Å². The van der Waals surface area contributed by atoms with Crippen molar-refractivity contribution in [1.82, 2.24) is 10.6 Å². The van der Waals surface area contributed by atoms with Crippen molar-refractivity contribution in [2.45, 2.75) is 19.9 Å². The number of carbonyl (C=O) groups is 1. The van der Waals surface area contributed by atoms with Gasteiger partial charge in [0.25, 0.3) is 5.91 Å². The van der Waals surface area contributed by atoms with Gasteiger partial charge in [0.1, 0.15) is 11.8 Å². The topological polar surface area (TPSA) is 62.7 Å². The quantitative estimate of drug-likeness (QED) is 0.884. The molecule has 1 aromatic rings. The Hall–Kier alpha value is -1.56. The van der Waals surface area contributed by atoms with Crippen LogP contribution in [0.25, 0.3) is 0 Å². The van der Waals surface area contributed by atoms with E-state index in [2.05, 4.69) is 45.4 Å². The molecule has 20 heavy (non-hydrogen) atoms. The minimum absolute atomic E-state index is 0.0930. The average molecular weight is 340 g/mol. The summed E-state index contributed by atoms with van der Waals surface area (Å²) in [6.07, 6.45) is 0. The smallest absolute Gasteiger partial charge is 0.253 e. The van der Waals surface area contributed by atoms with Crippen LogP contribution in [0.3, 0.4) is 0 Å². The summed E-state index contributed by atoms with van der Waals surface area (Å²) in [6.45, 7) is 4.85. The number of nitrogens with zero attached hydrogens (tertiary/aromatic N) is 1. The van der Waals surface area contributed by atoms with E-state index in [0.29, 0.717) is 18.4 Å². The molecule has 6 heteroatoms. The van der Waals surface area contributed by atoms with Gasteiger partial charge in [-0.25, -0.2) is 0 Å². The maximum atomic E-state index is 12.0. The highest BCUT2D eigenvalue weighted by atomic mass is 79.9. The van der Waals surface area contributed by atoms with Gasteiger partial charge in [-0.3, -0.25) is 15.1 Å². The summed E-state index contributed by atoms with van der Waals surface area (Å²) in [7, 11) is 1.61. The molecule has 0 aliphatic carbocycles. The van der Waals surface area contributed by atoms with Gasteiger partial charge in [0.05, 0.1) is 11.6 Å². The van der Waals surface area contributed by atoms with Crippen molar-refractivity contribution < 1.29 is 9.53 Å². The number of carbonyl (C=O) groups excluding carboxylic acids is 1. The van der Waals surface area contributed by atoms with Crippen molar-refractivity contribution in [1.29, 1.82) is 0 Å². The summed E-state index contributed by atoms with van der Waals surface area (Å²) < 4.78 is 6.00. The molecule has 1 aliphatic heterocycles. The highest BCUT2D eigenvalue weighted by Crippen LogP contribution is 2.28. The fourth-order valence-corrected chi connectivity index (χ4v) is 2.44. The molecular formula is C14H18BrN3O2. The van der Waals surface area contributed by atoms with Crippen molar-refractivity contribution in [3.63, 3.8) is 0 Å². The van der Waals surface area contributed by atoms with E-state index < -0.39 is 6.04 Å². The zero-order valence-electron chi connectivity index (χ0n) is 11.7. The van der Waals surface area contributed by atoms with E-state index in [9.17, 15) is 4.79 Å².